The van der Waals surface area contributed by atoms with Crippen LogP contribution in [0, 0.1) is 0 Å². The molecule has 0 spiro atoms. The van der Waals surface area contributed by atoms with Gasteiger partial charge in [-0.25, -0.2) is 4.79 Å². The van der Waals surface area contributed by atoms with Gasteiger partial charge in [-0.1, -0.05) is 30.3 Å². The summed E-state index contributed by atoms with van der Waals surface area (Å²) in [5.74, 6) is 0. The number of carbonyl (C=O) groups excluding carboxylic acids is 1. The van der Waals surface area contributed by atoms with Crippen molar-refractivity contribution in [2.24, 2.45) is 0 Å². The van der Waals surface area contributed by atoms with Crippen LogP contribution < -0.4 is 5.32 Å². The molecule has 1 fully saturated rings. The van der Waals surface area contributed by atoms with Crippen LogP contribution in [0.1, 0.15) is 31.9 Å². The largest absolute Gasteiger partial charge is 0.450 e. The number of ether oxygens (including phenoxy) is 1. The summed E-state index contributed by atoms with van der Waals surface area (Å²) >= 11 is 0. The zero-order valence-corrected chi connectivity index (χ0v) is 12.7. The van der Waals surface area contributed by atoms with E-state index in [0.29, 0.717) is 13.2 Å². The first kappa shape index (κ1) is 15.8. The first-order valence-electron chi connectivity index (χ1n) is 7.52. The van der Waals surface area contributed by atoms with Crippen LogP contribution in [0.3, 0.4) is 0 Å². The van der Waals surface area contributed by atoms with E-state index < -0.39 is 12.2 Å². The van der Waals surface area contributed by atoms with Crippen molar-refractivity contribution in [3.63, 3.8) is 0 Å². The summed E-state index contributed by atoms with van der Waals surface area (Å²) in [6.45, 7) is 5.63. The molecule has 2 N–H and O–H groups in total. The highest BCUT2D eigenvalue weighted by Gasteiger charge is 2.31. The topological polar surface area (TPSA) is 61.8 Å². The maximum atomic E-state index is 11.4. The van der Waals surface area contributed by atoms with Crippen molar-refractivity contribution in [3.05, 3.63) is 35.9 Å². The average molecular weight is 292 g/mol. The van der Waals surface area contributed by atoms with Crippen molar-refractivity contribution < 1.29 is 14.6 Å². The van der Waals surface area contributed by atoms with Gasteiger partial charge < -0.3 is 15.2 Å². The maximum Gasteiger partial charge on any atom is 0.407 e. The molecule has 5 nitrogen and oxygen atoms in total. The minimum atomic E-state index is -0.575. The summed E-state index contributed by atoms with van der Waals surface area (Å²) in [6.07, 6.45) is -0.308. The maximum absolute atomic E-state index is 11.4. The number of alkyl carbamates (subject to hydrolysis) is 1. The Labute approximate surface area is 125 Å². The Kier molecular flexibility index (Phi) is 5.59. The highest BCUT2D eigenvalue weighted by Crippen LogP contribution is 2.24. The van der Waals surface area contributed by atoms with Crippen LogP contribution in [0.5, 0.6) is 0 Å². The summed E-state index contributed by atoms with van der Waals surface area (Å²) in [4.78, 5) is 13.7. The molecule has 0 bridgehead atoms. The predicted molar refractivity (Wildman–Crippen MR) is 81.0 cm³/mol. The number of aliphatic hydroxyl groups excluding tert-OH is 1. The van der Waals surface area contributed by atoms with E-state index in [2.05, 4.69) is 29.3 Å². The van der Waals surface area contributed by atoms with Gasteiger partial charge in [0, 0.05) is 19.1 Å². The molecule has 1 aliphatic heterocycles. The van der Waals surface area contributed by atoms with Crippen molar-refractivity contribution in [2.75, 3.05) is 19.7 Å². The molecule has 3 atom stereocenters. The van der Waals surface area contributed by atoms with Gasteiger partial charge >= 0.3 is 6.09 Å². The summed E-state index contributed by atoms with van der Waals surface area (Å²) in [6, 6.07) is 10.3. The number of hydrogen-bond donors (Lipinski definition) is 2. The van der Waals surface area contributed by atoms with E-state index in [1.165, 1.54) is 5.56 Å². The van der Waals surface area contributed by atoms with Crippen LogP contribution >= 0.6 is 0 Å². The minimum absolute atomic E-state index is 0.233. The van der Waals surface area contributed by atoms with Gasteiger partial charge in [-0.3, -0.25) is 4.90 Å². The summed E-state index contributed by atoms with van der Waals surface area (Å²) in [5, 5.41) is 13.0. The molecule has 1 aromatic rings. The zero-order chi connectivity index (χ0) is 15.2. The average Bonchev–Trinajstić information content (AvgIpc) is 2.50. The molecule has 0 aliphatic carbocycles. The Balaban J connectivity index is 1.90. The number of amides is 1. The highest BCUT2D eigenvalue weighted by molar-refractivity contribution is 5.67. The monoisotopic (exact) mass is 292 g/mol. The van der Waals surface area contributed by atoms with Gasteiger partial charge in [0.05, 0.1) is 18.8 Å². The van der Waals surface area contributed by atoms with Gasteiger partial charge in [-0.05, 0) is 25.8 Å². The van der Waals surface area contributed by atoms with Crippen molar-refractivity contribution in [3.8, 4) is 0 Å². The van der Waals surface area contributed by atoms with E-state index in [1.54, 1.807) is 6.92 Å². The van der Waals surface area contributed by atoms with E-state index in [-0.39, 0.29) is 12.1 Å². The molecule has 21 heavy (non-hydrogen) atoms. The minimum Gasteiger partial charge on any atom is -0.450 e. The lowest BCUT2D eigenvalue weighted by Crippen LogP contribution is -2.54. The van der Waals surface area contributed by atoms with Crippen molar-refractivity contribution >= 4 is 6.09 Å². The van der Waals surface area contributed by atoms with Crippen LogP contribution in [0.4, 0.5) is 4.79 Å². The fourth-order valence-corrected chi connectivity index (χ4v) is 2.74. The second kappa shape index (κ2) is 7.43. The number of carbonyl (C=O) groups is 1. The number of nitrogens with zero attached hydrogens (tertiary/aromatic N) is 1. The molecular weight excluding hydrogens is 268 g/mol. The van der Waals surface area contributed by atoms with Crippen molar-refractivity contribution in [2.45, 2.75) is 38.5 Å². The molecule has 1 aliphatic rings. The highest BCUT2D eigenvalue weighted by atomic mass is 16.5. The van der Waals surface area contributed by atoms with E-state index in [1.807, 2.05) is 18.2 Å². The van der Waals surface area contributed by atoms with Crippen LogP contribution in [0.2, 0.25) is 0 Å². The van der Waals surface area contributed by atoms with E-state index in [0.717, 1.165) is 13.0 Å². The second-order valence-corrected chi connectivity index (χ2v) is 5.41. The molecule has 1 saturated heterocycles. The van der Waals surface area contributed by atoms with Gasteiger partial charge in [0.25, 0.3) is 0 Å². The van der Waals surface area contributed by atoms with E-state index in [4.69, 9.17) is 4.74 Å². The molecule has 2 rings (SSSR count). The third-order valence-corrected chi connectivity index (χ3v) is 4.02. The summed E-state index contributed by atoms with van der Waals surface area (Å²) < 4.78 is 4.86. The molecule has 1 aromatic carbocycles. The number of benzene rings is 1. The van der Waals surface area contributed by atoms with Crippen molar-refractivity contribution in [1.29, 1.82) is 0 Å². The number of aliphatic hydroxyl groups is 1. The fraction of sp³-hybridized carbons (Fsp3) is 0.562. The number of β-amino-alcohol motifs (C(OH)–C–C–N with tert-alkyl or cyclic N) is 1. The summed E-state index contributed by atoms with van der Waals surface area (Å²) in [5.41, 5.74) is 1.24. The first-order chi connectivity index (χ1) is 10.1. The molecule has 0 aromatic heterocycles. The molecule has 5 heteroatoms. The zero-order valence-electron chi connectivity index (χ0n) is 12.7. The molecule has 116 valence electrons. The van der Waals surface area contributed by atoms with Crippen molar-refractivity contribution in [1.82, 2.24) is 10.2 Å². The van der Waals surface area contributed by atoms with Gasteiger partial charge in [0.2, 0.25) is 0 Å². The molecule has 1 heterocycles. The number of piperidine rings is 1. The van der Waals surface area contributed by atoms with Crippen LogP contribution in [0.15, 0.2) is 30.3 Å². The lowest BCUT2D eigenvalue weighted by Gasteiger charge is -2.39. The second-order valence-electron chi connectivity index (χ2n) is 5.41. The third kappa shape index (κ3) is 4.19. The fourth-order valence-electron chi connectivity index (χ4n) is 2.74. The SMILES string of the molecule is CCOC(=O)N[C@H]1CCN(C(C)c2ccccc2)C[C@@H]1O. The molecule has 0 saturated carbocycles. The summed E-state index contributed by atoms with van der Waals surface area (Å²) in [7, 11) is 0. The Bertz CT molecular complexity index is 452. The molecular formula is C16H24N2O3. The van der Waals surface area contributed by atoms with Gasteiger partial charge in [-0.2, -0.15) is 0 Å². The van der Waals surface area contributed by atoms with E-state index >= 15 is 0 Å². The Hall–Kier alpha value is -1.59. The third-order valence-electron chi connectivity index (χ3n) is 4.02. The predicted octanol–water partition coefficient (Wildman–Crippen LogP) is 1.93. The Morgan fingerprint density at radius 3 is 2.81 bits per heavy atom. The number of nitrogens with one attached hydrogen (secondary N) is 1. The normalized spacial score (nSPS) is 24.3. The van der Waals surface area contributed by atoms with Crippen LogP contribution in [0.25, 0.3) is 0 Å². The Morgan fingerprint density at radius 2 is 2.19 bits per heavy atom. The lowest BCUT2D eigenvalue weighted by molar-refractivity contribution is 0.0223. The molecule has 1 amide bonds. The first-order valence-corrected chi connectivity index (χ1v) is 7.52. The standard InChI is InChI=1S/C16H24N2O3/c1-3-21-16(20)17-14-9-10-18(11-15(14)19)12(2)13-7-5-4-6-8-13/h4-8,12,14-15,19H,3,9-11H2,1-2H3,(H,17,20)/t12?,14-,15-/m0/s1. The quantitative estimate of drug-likeness (QED) is 0.890. The number of hydrogen-bond acceptors (Lipinski definition) is 4. The Morgan fingerprint density at radius 1 is 1.48 bits per heavy atom. The van der Waals surface area contributed by atoms with Crippen LogP contribution in [-0.4, -0.2) is 47.9 Å². The smallest absolute Gasteiger partial charge is 0.407 e. The van der Waals surface area contributed by atoms with E-state index in [9.17, 15) is 9.90 Å². The number of likely N-dealkylation sites (tertiary alicyclic amines) is 1. The van der Waals surface area contributed by atoms with Gasteiger partial charge in [-0.15, -0.1) is 0 Å². The molecule has 1 unspecified atom stereocenters. The number of rotatable bonds is 4. The van der Waals surface area contributed by atoms with Crippen LogP contribution in [-0.2, 0) is 4.74 Å². The van der Waals surface area contributed by atoms with Gasteiger partial charge in [0.15, 0.2) is 0 Å². The lowest BCUT2D eigenvalue weighted by atomic mass is 9.98. The molecule has 0 radical (unpaired) electrons. The van der Waals surface area contributed by atoms with Gasteiger partial charge in [0.1, 0.15) is 0 Å².